The van der Waals surface area contributed by atoms with Crippen molar-refractivity contribution in [3.63, 3.8) is 0 Å². The quantitative estimate of drug-likeness (QED) is 0.879. The molecule has 1 saturated heterocycles. The molecule has 1 aliphatic heterocycles. The molecule has 0 bridgehead atoms. The fraction of sp³-hybridized carbons (Fsp3) is 0.385. The van der Waals surface area contributed by atoms with E-state index in [1.54, 1.807) is 18.2 Å². The van der Waals surface area contributed by atoms with Crippen molar-refractivity contribution in [2.75, 3.05) is 13.1 Å². The molecular formula is C13H15FN4. The average Bonchev–Trinajstić information content (AvgIpc) is 2.90. The van der Waals surface area contributed by atoms with Crippen LogP contribution in [0, 0.1) is 5.82 Å². The molecule has 94 valence electrons. The highest BCUT2D eigenvalue weighted by Gasteiger charge is 2.18. The first kappa shape index (κ1) is 11.3. The highest BCUT2D eigenvalue weighted by Crippen LogP contribution is 2.23. The molecule has 2 heterocycles. The number of aromatic nitrogens is 3. The number of hydrogen-bond donors (Lipinski definition) is 1. The van der Waals surface area contributed by atoms with Crippen LogP contribution in [0.5, 0.6) is 0 Å². The van der Waals surface area contributed by atoms with Crippen molar-refractivity contribution >= 4 is 0 Å². The summed E-state index contributed by atoms with van der Waals surface area (Å²) in [6, 6.07) is 6.60. The zero-order valence-electron chi connectivity index (χ0n) is 10.0. The van der Waals surface area contributed by atoms with Crippen LogP contribution in [0.4, 0.5) is 4.39 Å². The number of para-hydroxylation sites is 1. The maximum Gasteiger partial charge on any atom is 0.148 e. The molecule has 1 N–H and O–H groups in total. The number of nitrogens with one attached hydrogen (secondary N) is 1. The van der Waals surface area contributed by atoms with E-state index in [0.29, 0.717) is 11.6 Å². The molecule has 18 heavy (non-hydrogen) atoms. The van der Waals surface area contributed by atoms with Crippen molar-refractivity contribution in [2.45, 2.75) is 18.8 Å². The third-order valence-corrected chi connectivity index (χ3v) is 3.37. The normalized spacial score (nSPS) is 16.9. The lowest BCUT2D eigenvalue weighted by Crippen LogP contribution is -2.26. The van der Waals surface area contributed by atoms with Crippen molar-refractivity contribution < 1.29 is 4.39 Å². The Morgan fingerprint density at radius 3 is 2.78 bits per heavy atom. The van der Waals surface area contributed by atoms with Crippen molar-refractivity contribution in [3.05, 3.63) is 42.0 Å². The summed E-state index contributed by atoms with van der Waals surface area (Å²) in [6.45, 7) is 2.02. The standard InChI is InChI=1S/C13H15FN4/c14-11-3-1-2-4-13(11)18-9-12(16-17-18)10-5-7-15-8-6-10/h1-4,9-10,15H,5-8H2. The van der Waals surface area contributed by atoms with Gasteiger partial charge >= 0.3 is 0 Å². The molecule has 0 amide bonds. The molecule has 0 unspecified atom stereocenters. The molecule has 1 aliphatic rings. The van der Waals surface area contributed by atoms with Crippen LogP contribution in [-0.2, 0) is 0 Å². The first-order chi connectivity index (χ1) is 8.84. The van der Waals surface area contributed by atoms with Crippen molar-refractivity contribution in [3.8, 4) is 5.69 Å². The molecule has 4 nitrogen and oxygen atoms in total. The molecule has 0 atom stereocenters. The topological polar surface area (TPSA) is 42.7 Å². The fourth-order valence-electron chi connectivity index (χ4n) is 2.34. The van der Waals surface area contributed by atoms with Crippen LogP contribution >= 0.6 is 0 Å². The van der Waals surface area contributed by atoms with E-state index >= 15 is 0 Å². The molecule has 0 saturated carbocycles. The Morgan fingerprint density at radius 2 is 2.00 bits per heavy atom. The molecule has 0 radical (unpaired) electrons. The number of rotatable bonds is 2. The van der Waals surface area contributed by atoms with Crippen molar-refractivity contribution in [2.24, 2.45) is 0 Å². The van der Waals surface area contributed by atoms with Gasteiger partial charge in [0.25, 0.3) is 0 Å². The maximum absolute atomic E-state index is 13.6. The summed E-state index contributed by atoms with van der Waals surface area (Å²) >= 11 is 0. The third kappa shape index (κ3) is 2.13. The lowest BCUT2D eigenvalue weighted by atomic mass is 9.95. The number of benzene rings is 1. The fourth-order valence-corrected chi connectivity index (χ4v) is 2.34. The van der Waals surface area contributed by atoms with E-state index in [0.717, 1.165) is 31.6 Å². The molecule has 2 aromatic rings. The second-order valence-corrected chi connectivity index (χ2v) is 4.56. The molecule has 3 rings (SSSR count). The molecular weight excluding hydrogens is 231 g/mol. The van der Waals surface area contributed by atoms with E-state index in [1.165, 1.54) is 10.7 Å². The highest BCUT2D eigenvalue weighted by atomic mass is 19.1. The largest absolute Gasteiger partial charge is 0.317 e. The Kier molecular flexibility index (Phi) is 3.06. The van der Waals surface area contributed by atoms with Gasteiger partial charge in [-0.3, -0.25) is 0 Å². The van der Waals surface area contributed by atoms with Crippen molar-refractivity contribution in [1.82, 2.24) is 20.3 Å². The molecule has 1 fully saturated rings. The Bertz CT molecular complexity index is 531. The SMILES string of the molecule is Fc1ccccc1-n1cc(C2CCNCC2)nn1. The maximum atomic E-state index is 13.6. The van der Waals surface area contributed by atoms with Crippen LogP contribution in [0.3, 0.4) is 0 Å². The number of halogens is 1. The molecule has 0 aliphatic carbocycles. The van der Waals surface area contributed by atoms with Gasteiger partial charge in [-0.25, -0.2) is 9.07 Å². The second kappa shape index (κ2) is 4.86. The molecule has 0 spiro atoms. The summed E-state index contributed by atoms with van der Waals surface area (Å²) in [5, 5.41) is 11.5. The van der Waals surface area contributed by atoms with E-state index in [-0.39, 0.29) is 5.82 Å². The molecule has 1 aromatic carbocycles. The van der Waals surface area contributed by atoms with E-state index in [1.807, 2.05) is 6.20 Å². The van der Waals surface area contributed by atoms with Gasteiger partial charge in [0.2, 0.25) is 0 Å². The smallest absolute Gasteiger partial charge is 0.148 e. The Hall–Kier alpha value is -1.75. The number of nitrogens with zero attached hydrogens (tertiary/aromatic N) is 3. The second-order valence-electron chi connectivity index (χ2n) is 4.56. The summed E-state index contributed by atoms with van der Waals surface area (Å²) in [4.78, 5) is 0. The van der Waals surface area contributed by atoms with E-state index in [9.17, 15) is 4.39 Å². The average molecular weight is 246 g/mol. The monoisotopic (exact) mass is 246 g/mol. The number of piperidine rings is 1. The summed E-state index contributed by atoms with van der Waals surface area (Å²) in [7, 11) is 0. The van der Waals surface area contributed by atoms with Crippen LogP contribution in [0.2, 0.25) is 0 Å². The highest BCUT2D eigenvalue weighted by molar-refractivity contribution is 5.32. The van der Waals surface area contributed by atoms with Gasteiger partial charge in [0.1, 0.15) is 11.5 Å². The first-order valence-electron chi connectivity index (χ1n) is 6.22. The van der Waals surface area contributed by atoms with Gasteiger partial charge in [0, 0.05) is 5.92 Å². The Balaban J connectivity index is 1.87. The first-order valence-corrected chi connectivity index (χ1v) is 6.22. The van der Waals surface area contributed by atoms with Gasteiger partial charge in [-0.05, 0) is 38.1 Å². The predicted molar refractivity (Wildman–Crippen MR) is 66.2 cm³/mol. The van der Waals surface area contributed by atoms with Gasteiger partial charge in [-0.1, -0.05) is 17.3 Å². The summed E-state index contributed by atoms with van der Waals surface area (Å²) < 4.78 is 15.1. The number of hydrogen-bond acceptors (Lipinski definition) is 3. The summed E-state index contributed by atoms with van der Waals surface area (Å²) in [6.07, 6.45) is 3.97. The summed E-state index contributed by atoms with van der Waals surface area (Å²) in [5.74, 6) is 0.158. The Labute approximate surface area is 105 Å². The third-order valence-electron chi connectivity index (χ3n) is 3.37. The van der Waals surface area contributed by atoms with Gasteiger partial charge in [0.15, 0.2) is 0 Å². The lowest BCUT2D eigenvalue weighted by molar-refractivity contribution is 0.453. The van der Waals surface area contributed by atoms with Crippen LogP contribution in [0.15, 0.2) is 30.5 Å². The predicted octanol–water partition coefficient (Wildman–Crippen LogP) is 1.87. The van der Waals surface area contributed by atoms with Crippen LogP contribution in [0.25, 0.3) is 5.69 Å². The van der Waals surface area contributed by atoms with Gasteiger partial charge in [-0.2, -0.15) is 0 Å². The summed E-state index contributed by atoms with van der Waals surface area (Å²) in [5.41, 5.74) is 1.41. The van der Waals surface area contributed by atoms with Crippen LogP contribution in [-0.4, -0.2) is 28.1 Å². The van der Waals surface area contributed by atoms with E-state index < -0.39 is 0 Å². The lowest BCUT2D eigenvalue weighted by Gasteiger charge is -2.19. The minimum absolute atomic E-state index is 0.278. The van der Waals surface area contributed by atoms with Crippen LogP contribution < -0.4 is 5.32 Å². The molecule has 5 heteroatoms. The zero-order chi connectivity index (χ0) is 12.4. The van der Waals surface area contributed by atoms with E-state index in [2.05, 4.69) is 15.6 Å². The minimum Gasteiger partial charge on any atom is -0.317 e. The van der Waals surface area contributed by atoms with Crippen molar-refractivity contribution in [1.29, 1.82) is 0 Å². The zero-order valence-corrected chi connectivity index (χ0v) is 10.0. The van der Waals surface area contributed by atoms with Gasteiger partial charge in [-0.15, -0.1) is 5.10 Å². The Morgan fingerprint density at radius 1 is 1.22 bits per heavy atom. The van der Waals surface area contributed by atoms with E-state index in [4.69, 9.17) is 0 Å². The minimum atomic E-state index is -0.278. The van der Waals surface area contributed by atoms with Gasteiger partial charge in [0.05, 0.1) is 11.9 Å². The van der Waals surface area contributed by atoms with Gasteiger partial charge < -0.3 is 5.32 Å². The molecule has 1 aromatic heterocycles. The van der Waals surface area contributed by atoms with Crippen LogP contribution in [0.1, 0.15) is 24.5 Å².